The number of ketones is 1. The van der Waals surface area contributed by atoms with Crippen LogP contribution in [0.5, 0.6) is 11.5 Å². The summed E-state index contributed by atoms with van der Waals surface area (Å²) in [6, 6.07) is 4.75. The lowest BCUT2D eigenvalue weighted by Gasteiger charge is -2.73. The van der Waals surface area contributed by atoms with Crippen LogP contribution in [-0.2, 0) is 21.4 Å². The molecule has 5 heteroatoms. The van der Waals surface area contributed by atoms with Crippen LogP contribution in [0.4, 0.5) is 0 Å². The minimum atomic E-state index is -0.535. The van der Waals surface area contributed by atoms with Crippen molar-refractivity contribution >= 4 is 5.78 Å². The van der Waals surface area contributed by atoms with Crippen LogP contribution in [0.3, 0.4) is 0 Å². The van der Waals surface area contributed by atoms with E-state index in [-0.39, 0.29) is 28.6 Å². The molecular formula is C23H29NO4. The van der Waals surface area contributed by atoms with E-state index in [4.69, 9.17) is 14.2 Å². The minimum absolute atomic E-state index is 0.0676. The summed E-state index contributed by atoms with van der Waals surface area (Å²) in [4.78, 5) is 15.4. The van der Waals surface area contributed by atoms with Crippen LogP contribution in [0.1, 0.15) is 43.7 Å². The number of benzene rings is 1. The molecule has 0 aromatic heterocycles. The van der Waals surface area contributed by atoms with Crippen LogP contribution in [-0.4, -0.2) is 56.2 Å². The predicted octanol–water partition coefficient (Wildman–Crippen LogP) is 2.73. The molecule has 0 N–H and O–H groups in total. The fourth-order valence-corrected chi connectivity index (χ4v) is 8.30. The van der Waals surface area contributed by atoms with Crippen molar-refractivity contribution in [3.8, 4) is 11.5 Å². The number of rotatable bonds is 3. The summed E-state index contributed by atoms with van der Waals surface area (Å²) in [6.07, 6.45) is 4.91. The zero-order valence-electron chi connectivity index (χ0n) is 17.2. The number of hydrogen-bond donors (Lipinski definition) is 0. The first-order valence-corrected chi connectivity index (χ1v) is 10.6. The zero-order valence-corrected chi connectivity index (χ0v) is 17.2. The maximum atomic E-state index is 12.8. The van der Waals surface area contributed by atoms with Crippen molar-refractivity contribution in [1.82, 2.24) is 4.90 Å². The normalized spacial score (nSPS) is 44.8. The van der Waals surface area contributed by atoms with Gasteiger partial charge in [0.1, 0.15) is 17.5 Å². The highest BCUT2D eigenvalue weighted by Gasteiger charge is 2.80. The molecule has 2 heterocycles. The Morgan fingerprint density at radius 1 is 1.25 bits per heavy atom. The Bertz CT molecular complexity index is 899. The standard InChI is InChI=1S/C23H29NO4/c1-13(25)15-12-21-7-8-23(15,27-4)20-22(21)9-10-24(2)17(21)11-14-5-6-16(26-3)19(28-20)18(14)22/h5-6,15,17,20H,7-12H2,1-4H3/t15-,17+,20+,21?,22+,23+/m1/s1. The highest BCUT2D eigenvalue weighted by molar-refractivity contribution is 5.81. The summed E-state index contributed by atoms with van der Waals surface area (Å²) < 4.78 is 18.8. The second-order valence-corrected chi connectivity index (χ2v) is 9.73. The van der Waals surface area contributed by atoms with E-state index in [1.165, 1.54) is 11.1 Å². The Labute approximate surface area is 166 Å². The molecule has 5 nitrogen and oxygen atoms in total. The molecule has 4 bridgehead atoms. The number of hydrogen-bond acceptors (Lipinski definition) is 5. The second-order valence-electron chi connectivity index (χ2n) is 9.73. The summed E-state index contributed by atoms with van der Waals surface area (Å²) in [5, 5.41) is 0. The van der Waals surface area contributed by atoms with Gasteiger partial charge >= 0.3 is 0 Å². The van der Waals surface area contributed by atoms with Gasteiger partial charge in [0.25, 0.3) is 0 Å². The monoisotopic (exact) mass is 383 g/mol. The lowest BCUT2D eigenvalue weighted by atomic mass is 9.34. The number of likely N-dealkylation sites (tertiary alicyclic amines) is 1. The summed E-state index contributed by atoms with van der Waals surface area (Å²) in [7, 11) is 5.77. The molecule has 0 amide bonds. The van der Waals surface area contributed by atoms with E-state index in [1.807, 2.05) is 0 Å². The largest absolute Gasteiger partial charge is 0.493 e. The van der Waals surface area contributed by atoms with Gasteiger partial charge in [-0.15, -0.1) is 0 Å². The van der Waals surface area contributed by atoms with Gasteiger partial charge in [-0.05, 0) is 64.3 Å². The quantitative estimate of drug-likeness (QED) is 0.803. The molecule has 1 aromatic carbocycles. The molecule has 7 rings (SSSR count). The fraction of sp³-hybridized carbons (Fsp3) is 0.696. The second kappa shape index (κ2) is 5.11. The van der Waals surface area contributed by atoms with Crippen molar-refractivity contribution in [1.29, 1.82) is 0 Å². The van der Waals surface area contributed by atoms with E-state index in [0.29, 0.717) is 6.04 Å². The molecule has 2 aliphatic heterocycles. The van der Waals surface area contributed by atoms with Crippen LogP contribution in [0.25, 0.3) is 0 Å². The number of methoxy groups -OCH3 is 2. The van der Waals surface area contributed by atoms with E-state index in [9.17, 15) is 4.79 Å². The molecule has 1 unspecified atom stereocenters. The first-order valence-electron chi connectivity index (χ1n) is 10.6. The Morgan fingerprint density at radius 2 is 2.07 bits per heavy atom. The van der Waals surface area contributed by atoms with Gasteiger partial charge in [0.2, 0.25) is 0 Å². The molecule has 150 valence electrons. The topological polar surface area (TPSA) is 48.0 Å². The number of nitrogens with zero attached hydrogens (tertiary/aromatic N) is 1. The van der Waals surface area contributed by atoms with E-state index in [1.54, 1.807) is 21.1 Å². The molecule has 1 saturated heterocycles. The van der Waals surface area contributed by atoms with Gasteiger partial charge < -0.3 is 19.1 Å². The highest BCUT2D eigenvalue weighted by Crippen LogP contribution is 2.76. The predicted molar refractivity (Wildman–Crippen MR) is 104 cm³/mol. The van der Waals surface area contributed by atoms with Crippen LogP contribution < -0.4 is 9.47 Å². The molecular weight excluding hydrogens is 354 g/mol. The van der Waals surface area contributed by atoms with E-state index < -0.39 is 5.60 Å². The van der Waals surface area contributed by atoms with Crippen molar-refractivity contribution in [2.24, 2.45) is 11.3 Å². The van der Waals surface area contributed by atoms with Gasteiger partial charge in [-0.3, -0.25) is 4.79 Å². The molecule has 0 radical (unpaired) electrons. The molecule has 4 fully saturated rings. The average Bonchev–Trinajstić information content (AvgIpc) is 3.07. The first-order chi connectivity index (χ1) is 13.4. The third-order valence-electron chi connectivity index (χ3n) is 9.32. The van der Waals surface area contributed by atoms with Gasteiger partial charge in [0.05, 0.1) is 13.0 Å². The molecule has 28 heavy (non-hydrogen) atoms. The van der Waals surface area contributed by atoms with E-state index >= 15 is 0 Å². The first kappa shape index (κ1) is 17.3. The molecule has 6 atom stereocenters. The Balaban J connectivity index is 1.69. The number of piperidine rings is 1. The number of carbonyl (C=O) groups is 1. The molecule has 2 spiro atoms. The minimum Gasteiger partial charge on any atom is -0.493 e. The Hall–Kier alpha value is -1.59. The number of likely N-dealkylation sites (N-methyl/N-ethyl adjacent to an activating group) is 1. The lowest BCUT2D eigenvalue weighted by molar-refractivity contribution is -0.270. The van der Waals surface area contributed by atoms with Crippen molar-refractivity contribution in [3.63, 3.8) is 0 Å². The number of carbonyl (C=O) groups excluding carboxylic acids is 1. The van der Waals surface area contributed by atoms with Crippen LogP contribution in [0.15, 0.2) is 12.1 Å². The van der Waals surface area contributed by atoms with Crippen LogP contribution in [0, 0.1) is 11.3 Å². The third-order valence-corrected chi connectivity index (χ3v) is 9.32. The van der Waals surface area contributed by atoms with E-state index in [0.717, 1.165) is 50.1 Å². The maximum Gasteiger partial charge on any atom is 0.165 e. The number of fused-ring (bicyclic) bond motifs is 2. The Morgan fingerprint density at radius 3 is 2.79 bits per heavy atom. The highest BCUT2D eigenvalue weighted by atomic mass is 16.6. The molecule has 6 aliphatic rings. The number of ether oxygens (including phenoxy) is 3. The third kappa shape index (κ3) is 1.53. The lowest BCUT2D eigenvalue weighted by Crippen LogP contribution is -2.81. The van der Waals surface area contributed by atoms with Gasteiger partial charge in [0.15, 0.2) is 11.5 Å². The van der Waals surface area contributed by atoms with Gasteiger partial charge in [-0.2, -0.15) is 0 Å². The van der Waals surface area contributed by atoms with Crippen molar-refractivity contribution in [2.45, 2.75) is 62.2 Å². The van der Waals surface area contributed by atoms with Gasteiger partial charge in [-0.1, -0.05) is 6.07 Å². The molecule has 4 aliphatic carbocycles. The van der Waals surface area contributed by atoms with E-state index in [2.05, 4.69) is 24.1 Å². The smallest absolute Gasteiger partial charge is 0.165 e. The molecule has 1 aromatic rings. The van der Waals surface area contributed by atoms with Gasteiger partial charge in [0, 0.05) is 29.5 Å². The summed E-state index contributed by atoms with van der Waals surface area (Å²) in [6.45, 7) is 2.80. The Kier molecular flexibility index (Phi) is 3.16. The van der Waals surface area contributed by atoms with Crippen LogP contribution in [0.2, 0.25) is 0 Å². The fourth-order valence-electron chi connectivity index (χ4n) is 8.30. The summed E-state index contributed by atoms with van der Waals surface area (Å²) >= 11 is 0. The summed E-state index contributed by atoms with van der Waals surface area (Å²) in [5.74, 6) is 1.89. The molecule has 3 saturated carbocycles. The summed E-state index contributed by atoms with van der Waals surface area (Å²) in [5.41, 5.74) is 2.25. The number of Topliss-reactive ketones (excluding diaryl/α,β-unsaturated/α-hetero) is 1. The van der Waals surface area contributed by atoms with Crippen molar-refractivity contribution < 1.29 is 19.0 Å². The maximum absolute atomic E-state index is 12.8. The van der Waals surface area contributed by atoms with Crippen molar-refractivity contribution in [2.75, 3.05) is 27.8 Å². The SMILES string of the molecule is COc1ccc2c3c1O[C@@H]1[C@]4(OC)CCC5(C[C@@H]4C(C)=O)[C@H](C2)N(C)CC[C@]315. The van der Waals surface area contributed by atoms with Crippen molar-refractivity contribution in [3.05, 3.63) is 23.3 Å². The zero-order chi connectivity index (χ0) is 19.5. The van der Waals surface area contributed by atoms with Gasteiger partial charge in [-0.25, -0.2) is 0 Å². The van der Waals surface area contributed by atoms with Crippen LogP contribution >= 0.6 is 0 Å². The average molecular weight is 383 g/mol.